The van der Waals surface area contributed by atoms with Crippen molar-refractivity contribution in [1.82, 2.24) is 4.90 Å². The fraction of sp³-hybridized carbons (Fsp3) is 1.00. The third-order valence-corrected chi connectivity index (χ3v) is 2.39. The van der Waals surface area contributed by atoms with Crippen LogP contribution in [-0.2, 0) is 0 Å². The van der Waals surface area contributed by atoms with Crippen molar-refractivity contribution < 1.29 is 5.11 Å². The minimum absolute atomic E-state index is 0.344. The summed E-state index contributed by atoms with van der Waals surface area (Å²) in [5.41, 5.74) is 4.75. The molecular weight excluding hydrogens is 164 g/mol. The fourth-order valence-electron chi connectivity index (χ4n) is 1.25. The van der Waals surface area contributed by atoms with Gasteiger partial charge in [0.2, 0.25) is 0 Å². The molecule has 0 aromatic carbocycles. The highest BCUT2D eigenvalue weighted by Crippen LogP contribution is 2.08. The van der Waals surface area contributed by atoms with Crippen LogP contribution >= 0.6 is 0 Å². The van der Waals surface area contributed by atoms with Gasteiger partial charge in [0.1, 0.15) is 0 Å². The molecule has 0 saturated carbocycles. The first-order chi connectivity index (χ1) is 6.05. The zero-order chi connectivity index (χ0) is 10.3. The Morgan fingerprint density at radius 1 is 1.31 bits per heavy atom. The number of nitrogens with two attached hydrogens (primary N) is 1. The molecule has 3 heteroatoms. The molecule has 0 rings (SSSR count). The van der Waals surface area contributed by atoms with Crippen LogP contribution in [0, 0.1) is 0 Å². The molecule has 0 aliphatic rings. The maximum absolute atomic E-state index is 9.68. The second kappa shape index (κ2) is 6.35. The SMILES string of the molecule is CCCN(CC)CCC(C)(O)CN. The lowest BCUT2D eigenvalue weighted by atomic mass is 10.0. The minimum atomic E-state index is -0.693. The standard InChI is InChI=1S/C10H24N2O/c1-4-7-12(5-2)8-6-10(3,13)9-11/h13H,4-9,11H2,1-3H3. The highest BCUT2D eigenvalue weighted by atomic mass is 16.3. The van der Waals surface area contributed by atoms with Crippen molar-refractivity contribution in [3.63, 3.8) is 0 Å². The summed E-state index contributed by atoms with van der Waals surface area (Å²) in [5.74, 6) is 0. The molecule has 0 aliphatic heterocycles. The van der Waals surface area contributed by atoms with Crippen molar-refractivity contribution >= 4 is 0 Å². The molecule has 0 fully saturated rings. The lowest BCUT2D eigenvalue weighted by molar-refractivity contribution is 0.0482. The second-order valence-corrected chi connectivity index (χ2v) is 3.89. The Labute approximate surface area is 81.9 Å². The van der Waals surface area contributed by atoms with Gasteiger partial charge < -0.3 is 15.7 Å². The molecule has 80 valence electrons. The molecule has 1 atom stereocenters. The molecule has 0 spiro atoms. The van der Waals surface area contributed by atoms with Gasteiger partial charge in [-0.25, -0.2) is 0 Å². The van der Waals surface area contributed by atoms with E-state index in [-0.39, 0.29) is 0 Å². The van der Waals surface area contributed by atoms with Crippen LogP contribution in [-0.4, -0.2) is 41.8 Å². The van der Waals surface area contributed by atoms with Crippen LogP contribution in [0.1, 0.15) is 33.6 Å². The molecule has 0 saturated heterocycles. The number of hydrogen-bond donors (Lipinski definition) is 2. The summed E-state index contributed by atoms with van der Waals surface area (Å²) in [6, 6.07) is 0. The molecule has 13 heavy (non-hydrogen) atoms. The molecule has 0 aromatic rings. The monoisotopic (exact) mass is 188 g/mol. The Morgan fingerprint density at radius 2 is 1.92 bits per heavy atom. The minimum Gasteiger partial charge on any atom is -0.389 e. The van der Waals surface area contributed by atoms with Gasteiger partial charge in [-0.1, -0.05) is 13.8 Å². The first-order valence-electron chi connectivity index (χ1n) is 5.20. The summed E-state index contributed by atoms with van der Waals surface area (Å²) in [5, 5.41) is 9.68. The van der Waals surface area contributed by atoms with Crippen LogP contribution in [0.25, 0.3) is 0 Å². The van der Waals surface area contributed by atoms with E-state index in [1.807, 2.05) is 0 Å². The van der Waals surface area contributed by atoms with Crippen LogP contribution in [0.15, 0.2) is 0 Å². The van der Waals surface area contributed by atoms with E-state index in [1.54, 1.807) is 6.92 Å². The predicted molar refractivity (Wildman–Crippen MR) is 56.7 cm³/mol. The van der Waals surface area contributed by atoms with Gasteiger partial charge in [-0.15, -0.1) is 0 Å². The van der Waals surface area contributed by atoms with E-state index in [9.17, 15) is 5.11 Å². The Kier molecular flexibility index (Phi) is 6.29. The van der Waals surface area contributed by atoms with Gasteiger partial charge in [-0.05, 0) is 32.9 Å². The first-order valence-corrected chi connectivity index (χ1v) is 5.20. The van der Waals surface area contributed by atoms with Gasteiger partial charge in [0.05, 0.1) is 5.60 Å². The highest BCUT2D eigenvalue weighted by Gasteiger charge is 2.18. The lowest BCUT2D eigenvalue weighted by Crippen LogP contribution is -2.38. The van der Waals surface area contributed by atoms with E-state index in [2.05, 4.69) is 18.7 Å². The molecule has 0 aliphatic carbocycles. The zero-order valence-corrected chi connectivity index (χ0v) is 9.21. The van der Waals surface area contributed by atoms with E-state index in [0.29, 0.717) is 6.54 Å². The predicted octanol–water partition coefficient (Wildman–Crippen LogP) is 0.818. The molecule has 0 bridgehead atoms. The summed E-state index contributed by atoms with van der Waals surface area (Å²) >= 11 is 0. The third kappa shape index (κ3) is 6.02. The first kappa shape index (κ1) is 12.9. The van der Waals surface area contributed by atoms with E-state index in [4.69, 9.17) is 5.73 Å². The topological polar surface area (TPSA) is 49.5 Å². The van der Waals surface area contributed by atoms with Crippen LogP contribution < -0.4 is 5.73 Å². The van der Waals surface area contributed by atoms with Crippen molar-refractivity contribution in [1.29, 1.82) is 0 Å². The maximum atomic E-state index is 9.68. The van der Waals surface area contributed by atoms with Crippen molar-refractivity contribution in [2.75, 3.05) is 26.2 Å². The number of hydrogen-bond acceptors (Lipinski definition) is 3. The molecule has 3 N–H and O–H groups in total. The normalized spacial score (nSPS) is 16.2. The summed E-state index contributed by atoms with van der Waals surface area (Å²) in [7, 11) is 0. The van der Waals surface area contributed by atoms with Crippen LogP contribution in [0.5, 0.6) is 0 Å². The van der Waals surface area contributed by atoms with Gasteiger partial charge in [0.25, 0.3) is 0 Å². The zero-order valence-electron chi connectivity index (χ0n) is 9.21. The number of rotatable bonds is 7. The smallest absolute Gasteiger partial charge is 0.0753 e. The Morgan fingerprint density at radius 3 is 2.31 bits per heavy atom. The van der Waals surface area contributed by atoms with Gasteiger partial charge in [0, 0.05) is 13.1 Å². The Hall–Kier alpha value is -0.120. The van der Waals surface area contributed by atoms with E-state index < -0.39 is 5.60 Å². The van der Waals surface area contributed by atoms with Gasteiger partial charge in [-0.3, -0.25) is 0 Å². The summed E-state index contributed by atoms with van der Waals surface area (Å²) in [4.78, 5) is 2.34. The van der Waals surface area contributed by atoms with Crippen molar-refractivity contribution in [3.8, 4) is 0 Å². The Balaban J connectivity index is 3.70. The largest absolute Gasteiger partial charge is 0.389 e. The second-order valence-electron chi connectivity index (χ2n) is 3.89. The van der Waals surface area contributed by atoms with Crippen LogP contribution in [0.3, 0.4) is 0 Å². The lowest BCUT2D eigenvalue weighted by Gasteiger charge is -2.26. The summed E-state index contributed by atoms with van der Waals surface area (Å²) < 4.78 is 0. The molecule has 0 aromatic heterocycles. The summed E-state index contributed by atoms with van der Waals surface area (Å²) in [6.07, 6.45) is 1.93. The van der Waals surface area contributed by atoms with Crippen molar-refractivity contribution in [2.45, 2.75) is 39.2 Å². The molecule has 0 heterocycles. The number of nitrogens with zero attached hydrogens (tertiary/aromatic N) is 1. The number of aliphatic hydroxyl groups is 1. The van der Waals surface area contributed by atoms with Crippen LogP contribution in [0.4, 0.5) is 0 Å². The molecule has 0 radical (unpaired) electrons. The van der Waals surface area contributed by atoms with Crippen molar-refractivity contribution in [2.24, 2.45) is 5.73 Å². The van der Waals surface area contributed by atoms with Gasteiger partial charge in [-0.2, -0.15) is 0 Å². The quantitative estimate of drug-likeness (QED) is 0.622. The van der Waals surface area contributed by atoms with E-state index >= 15 is 0 Å². The van der Waals surface area contributed by atoms with Crippen molar-refractivity contribution in [3.05, 3.63) is 0 Å². The molecular formula is C10H24N2O. The van der Waals surface area contributed by atoms with E-state index in [0.717, 1.165) is 26.1 Å². The highest BCUT2D eigenvalue weighted by molar-refractivity contribution is 4.74. The fourth-order valence-corrected chi connectivity index (χ4v) is 1.25. The average molecular weight is 188 g/mol. The molecule has 0 amide bonds. The van der Waals surface area contributed by atoms with E-state index in [1.165, 1.54) is 6.42 Å². The van der Waals surface area contributed by atoms with Gasteiger partial charge in [0.15, 0.2) is 0 Å². The average Bonchev–Trinajstić information content (AvgIpc) is 2.12. The maximum Gasteiger partial charge on any atom is 0.0753 e. The molecule has 3 nitrogen and oxygen atoms in total. The third-order valence-electron chi connectivity index (χ3n) is 2.39. The summed E-state index contributed by atoms with van der Waals surface area (Å²) in [6.45, 7) is 9.56. The Bertz CT molecular complexity index is 126. The molecule has 1 unspecified atom stereocenters. The van der Waals surface area contributed by atoms with Crippen LogP contribution in [0.2, 0.25) is 0 Å². The van der Waals surface area contributed by atoms with Gasteiger partial charge >= 0.3 is 0 Å².